The van der Waals surface area contributed by atoms with Crippen molar-refractivity contribution in [3.05, 3.63) is 66.0 Å². The van der Waals surface area contributed by atoms with Gasteiger partial charge in [0.2, 0.25) is 0 Å². The summed E-state index contributed by atoms with van der Waals surface area (Å²) in [6.07, 6.45) is 3.51. The highest BCUT2D eigenvalue weighted by Crippen LogP contribution is 2.14. The molecule has 0 bridgehead atoms. The molecule has 0 radical (unpaired) electrons. The molecule has 19 heavy (non-hydrogen) atoms. The van der Waals surface area contributed by atoms with Gasteiger partial charge in [0.25, 0.3) is 0 Å². The van der Waals surface area contributed by atoms with Gasteiger partial charge in [-0.2, -0.15) is 0 Å². The molecule has 0 amide bonds. The molecule has 1 aromatic carbocycles. The Bertz CT molecular complexity index is 722. The summed E-state index contributed by atoms with van der Waals surface area (Å²) >= 11 is 0. The SMILES string of the molecule is Fc1ccc(CNc2cccc3nccn23)c(F)c1. The largest absolute Gasteiger partial charge is 0.367 e. The highest BCUT2D eigenvalue weighted by atomic mass is 19.1. The fraction of sp³-hybridized carbons (Fsp3) is 0.0714. The van der Waals surface area contributed by atoms with Crippen molar-refractivity contribution in [1.29, 1.82) is 0 Å². The van der Waals surface area contributed by atoms with Crippen LogP contribution in [0.5, 0.6) is 0 Å². The molecule has 96 valence electrons. The fourth-order valence-corrected chi connectivity index (χ4v) is 1.94. The zero-order valence-corrected chi connectivity index (χ0v) is 9.98. The van der Waals surface area contributed by atoms with Crippen molar-refractivity contribution >= 4 is 11.5 Å². The van der Waals surface area contributed by atoms with Gasteiger partial charge >= 0.3 is 0 Å². The lowest BCUT2D eigenvalue weighted by Crippen LogP contribution is -2.05. The molecule has 0 saturated carbocycles. The zero-order chi connectivity index (χ0) is 13.2. The Morgan fingerprint density at radius 3 is 2.89 bits per heavy atom. The first-order chi connectivity index (χ1) is 9.24. The number of imidazole rings is 1. The number of halogens is 2. The van der Waals surface area contributed by atoms with Crippen LogP contribution in [-0.2, 0) is 6.54 Å². The van der Waals surface area contributed by atoms with E-state index in [1.807, 2.05) is 28.8 Å². The molecule has 3 aromatic rings. The lowest BCUT2D eigenvalue weighted by molar-refractivity contribution is 0.574. The van der Waals surface area contributed by atoms with E-state index < -0.39 is 11.6 Å². The molecule has 0 aliphatic heterocycles. The van der Waals surface area contributed by atoms with Gasteiger partial charge in [-0.1, -0.05) is 12.1 Å². The number of anilines is 1. The Kier molecular flexibility index (Phi) is 2.87. The number of fused-ring (bicyclic) bond motifs is 1. The summed E-state index contributed by atoms with van der Waals surface area (Å²) in [4.78, 5) is 4.16. The summed E-state index contributed by atoms with van der Waals surface area (Å²) in [6, 6.07) is 9.18. The van der Waals surface area contributed by atoms with E-state index in [4.69, 9.17) is 0 Å². The number of rotatable bonds is 3. The molecule has 3 nitrogen and oxygen atoms in total. The van der Waals surface area contributed by atoms with Gasteiger partial charge in [-0.25, -0.2) is 13.8 Å². The minimum Gasteiger partial charge on any atom is -0.367 e. The summed E-state index contributed by atoms with van der Waals surface area (Å²) in [5.41, 5.74) is 1.23. The first-order valence-electron chi connectivity index (χ1n) is 5.84. The van der Waals surface area contributed by atoms with Gasteiger partial charge in [-0.15, -0.1) is 0 Å². The maximum absolute atomic E-state index is 13.5. The molecule has 0 atom stereocenters. The van der Waals surface area contributed by atoms with E-state index in [0.717, 1.165) is 17.5 Å². The van der Waals surface area contributed by atoms with Crippen molar-refractivity contribution < 1.29 is 8.78 Å². The quantitative estimate of drug-likeness (QED) is 0.782. The summed E-state index contributed by atoms with van der Waals surface area (Å²) in [7, 11) is 0. The van der Waals surface area contributed by atoms with Crippen molar-refractivity contribution in [2.24, 2.45) is 0 Å². The van der Waals surface area contributed by atoms with Crippen LogP contribution < -0.4 is 5.32 Å². The summed E-state index contributed by atoms with van der Waals surface area (Å²) in [5, 5.41) is 3.11. The molecule has 0 aliphatic rings. The third-order valence-corrected chi connectivity index (χ3v) is 2.90. The Morgan fingerprint density at radius 2 is 2.05 bits per heavy atom. The third kappa shape index (κ3) is 2.27. The molecule has 0 fully saturated rings. The molecule has 0 aliphatic carbocycles. The molecule has 3 rings (SSSR count). The number of pyridine rings is 1. The van der Waals surface area contributed by atoms with E-state index in [2.05, 4.69) is 10.3 Å². The summed E-state index contributed by atoms with van der Waals surface area (Å²) in [6.45, 7) is 0.281. The van der Waals surface area contributed by atoms with Crippen LogP contribution in [0.1, 0.15) is 5.56 Å². The summed E-state index contributed by atoms with van der Waals surface area (Å²) < 4.78 is 28.2. The molecular weight excluding hydrogens is 248 g/mol. The van der Waals surface area contributed by atoms with Crippen molar-refractivity contribution in [3.63, 3.8) is 0 Å². The second-order valence-electron chi connectivity index (χ2n) is 4.16. The molecule has 0 saturated heterocycles. The van der Waals surface area contributed by atoms with Crippen LogP contribution in [0.4, 0.5) is 14.6 Å². The lowest BCUT2D eigenvalue weighted by Gasteiger charge is -2.09. The minimum absolute atomic E-state index is 0.281. The molecule has 1 N–H and O–H groups in total. The fourth-order valence-electron chi connectivity index (χ4n) is 1.94. The lowest BCUT2D eigenvalue weighted by atomic mass is 10.2. The zero-order valence-electron chi connectivity index (χ0n) is 9.98. The molecule has 2 aromatic heterocycles. The van der Waals surface area contributed by atoms with E-state index in [1.165, 1.54) is 12.1 Å². The topological polar surface area (TPSA) is 29.3 Å². The number of nitrogens with one attached hydrogen (secondary N) is 1. The predicted octanol–water partition coefficient (Wildman–Crippen LogP) is 3.22. The Balaban J connectivity index is 1.84. The Hall–Kier alpha value is -2.43. The smallest absolute Gasteiger partial charge is 0.138 e. The molecule has 5 heteroatoms. The van der Waals surface area contributed by atoms with E-state index in [-0.39, 0.29) is 6.54 Å². The van der Waals surface area contributed by atoms with Gasteiger partial charge in [0.05, 0.1) is 0 Å². The van der Waals surface area contributed by atoms with Gasteiger partial charge in [-0.05, 0) is 18.2 Å². The van der Waals surface area contributed by atoms with Crippen LogP contribution in [0.15, 0.2) is 48.8 Å². The standard InChI is InChI=1S/C14H11F2N3/c15-11-5-4-10(12(16)8-11)9-18-14-3-1-2-13-17-6-7-19(13)14/h1-8,18H,9H2. The van der Waals surface area contributed by atoms with Gasteiger partial charge < -0.3 is 5.32 Å². The van der Waals surface area contributed by atoms with E-state index in [1.54, 1.807) is 6.20 Å². The number of hydrogen-bond acceptors (Lipinski definition) is 2. The normalized spacial score (nSPS) is 10.8. The first-order valence-corrected chi connectivity index (χ1v) is 5.84. The van der Waals surface area contributed by atoms with E-state index >= 15 is 0 Å². The number of aromatic nitrogens is 2. The second-order valence-corrected chi connectivity index (χ2v) is 4.16. The molecule has 0 spiro atoms. The van der Waals surface area contributed by atoms with E-state index in [0.29, 0.717) is 5.56 Å². The number of hydrogen-bond donors (Lipinski definition) is 1. The second kappa shape index (κ2) is 4.68. The highest BCUT2D eigenvalue weighted by molar-refractivity contribution is 5.50. The van der Waals surface area contributed by atoms with Crippen molar-refractivity contribution in [1.82, 2.24) is 9.38 Å². The van der Waals surface area contributed by atoms with Gasteiger partial charge in [0.1, 0.15) is 23.1 Å². The van der Waals surface area contributed by atoms with Crippen LogP contribution >= 0.6 is 0 Å². The van der Waals surface area contributed by atoms with Gasteiger partial charge in [0.15, 0.2) is 0 Å². The van der Waals surface area contributed by atoms with Crippen LogP contribution in [-0.4, -0.2) is 9.38 Å². The number of benzene rings is 1. The third-order valence-electron chi connectivity index (χ3n) is 2.90. The van der Waals surface area contributed by atoms with Crippen molar-refractivity contribution in [2.45, 2.75) is 6.54 Å². The average Bonchev–Trinajstić information content (AvgIpc) is 2.86. The maximum atomic E-state index is 13.5. The predicted molar refractivity (Wildman–Crippen MR) is 68.9 cm³/mol. The minimum atomic E-state index is -0.571. The Labute approximate surface area is 108 Å². The van der Waals surface area contributed by atoms with Crippen molar-refractivity contribution in [2.75, 3.05) is 5.32 Å². The van der Waals surface area contributed by atoms with Crippen LogP contribution in [0.3, 0.4) is 0 Å². The van der Waals surface area contributed by atoms with E-state index in [9.17, 15) is 8.78 Å². The van der Waals surface area contributed by atoms with Crippen LogP contribution in [0.2, 0.25) is 0 Å². The number of nitrogens with zero attached hydrogens (tertiary/aromatic N) is 2. The first kappa shape index (κ1) is 11.6. The maximum Gasteiger partial charge on any atom is 0.138 e. The molecular formula is C14H11F2N3. The van der Waals surface area contributed by atoms with Gasteiger partial charge in [0, 0.05) is 30.6 Å². The Morgan fingerprint density at radius 1 is 1.16 bits per heavy atom. The van der Waals surface area contributed by atoms with Crippen molar-refractivity contribution in [3.8, 4) is 0 Å². The summed E-state index contributed by atoms with van der Waals surface area (Å²) in [5.74, 6) is -0.318. The highest BCUT2D eigenvalue weighted by Gasteiger charge is 2.05. The van der Waals surface area contributed by atoms with Crippen LogP contribution in [0.25, 0.3) is 5.65 Å². The average molecular weight is 259 g/mol. The van der Waals surface area contributed by atoms with Gasteiger partial charge in [-0.3, -0.25) is 4.40 Å². The monoisotopic (exact) mass is 259 g/mol. The van der Waals surface area contributed by atoms with Crippen LogP contribution in [0, 0.1) is 11.6 Å². The molecule has 0 unspecified atom stereocenters. The molecule has 2 heterocycles.